The molecule has 9 heteroatoms. The Morgan fingerprint density at radius 3 is 1.78 bits per heavy atom. The van der Waals surface area contributed by atoms with E-state index in [1.807, 2.05) is 0 Å². The number of nitrogens with zero attached hydrogens (tertiary/aromatic N) is 1. The van der Waals surface area contributed by atoms with Crippen LogP contribution < -0.4 is 0 Å². The normalized spacial score (nSPS) is 21.4. The predicted octanol–water partition coefficient (Wildman–Crippen LogP) is 4.73. The fourth-order valence-electron chi connectivity index (χ4n) is 4.54. The summed E-state index contributed by atoms with van der Waals surface area (Å²) in [5.74, 6) is -3.52. The summed E-state index contributed by atoms with van der Waals surface area (Å²) in [4.78, 5) is 55.0. The van der Waals surface area contributed by atoms with Crippen molar-refractivity contribution in [2.75, 3.05) is 13.6 Å². The number of aliphatic imine (C=N–C) groups is 1. The summed E-state index contributed by atoms with van der Waals surface area (Å²) in [6, 6.07) is 0. The van der Waals surface area contributed by atoms with E-state index in [1.54, 1.807) is 55.4 Å². The van der Waals surface area contributed by atoms with Gasteiger partial charge in [-0.1, -0.05) is 19.3 Å². The fraction of sp³-hybridized carbons (Fsp3) is 0.741. The highest BCUT2D eigenvalue weighted by molar-refractivity contribution is 6.05. The van der Waals surface area contributed by atoms with Crippen molar-refractivity contribution in [2.24, 2.45) is 33.6 Å². The summed E-state index contributed by atoms with van der Waals surface area (Å²) in [6.45, 7) is 12.6. The highest BCUT2D eigenvalue weighted by Crippen LogP contribution is 2.43. The van der Waals surface area contributed by atoms with E-state index < -0.39 is 60.1 Å². The van der Waals surface area contributed by atoms with E-state index >= 15 is 0 Å². The molecule has 0 aromatic heterocycles. The predicted molar refractivity (Wildman–Crippen MR) is 132 cm³/mol. The maximum absolute atomic E-state index is 13.2. The van der Waals surface area contributed by atoms with Gasteiger partial charge in [-0.25, -0.2) is 4.79 Å². The third kappa shape index (κ3) is 7.64. The first kappa shape index (κ1) is 29.5. The van der Waals surface area contributed by atoms with Crippen molar-refractivity contribution in [2.45, 2.75) is 87.5 Å². The van der Waals surface area contributed by atoms with Crippen LogP contribution in [0.1, 0.15) is 87.5 Å². The number of hydrogen-bond acceptors (Lipinski definition) is 9. The number of ether oxygens (including phenoxy) is 4. The Kier molecular flexibility index (Phi) is 9.85. The van der Waals surface area contributed by atoms with Crippen LogP contribution in [0.4, 0.5) is 0 Å². The topological polar surface area (TPSA) is 118 Å². The van der Waals surface area contributed by atoms with Gasteiger partial charge >= 0.3 is 23.9 Å². The zero-order chi connectivity index (χ0) is 27.3. The van der Waals surface area contributed by atoms with E-state index in [-0.39, 0.29) is 5.92 Å². The van der Waals surface area contributed by atoms with Crippen molar-refractivity contribution in [3.05, 3.63) is 11.3 Å². The summed E-state index contributed by atoms with van der Waals surface area (Å²) in [5.41, 5.74) is -0.159. The fourth-order valence-corrected chi connectivity index (χ4v) is 4.54. The zero-order valence-electron chi connectivity index (χ0n) is 22.9. The SMILES string of the molecule is CC1=NC(C)=C(C(=O)OCOC(=O)C(C)(C)C)C(C2CCCCC2)C1C(=O)OCOC(=O)C(C)(C)C. The largest absolute Gasteiger partial charge is 0.427 e. The van der Waals surface area contributed by atoms with Gasteiger partial charge in [-0.05, 0) is 74.1 Å². The molecule has 0 aromatic rings. The van der Waals surface area contributed by atoms with Gasteiger partial charge < -0.3 is 18.9 Å². The van der Waals surface area contributed by atoms with Crippen molar-refractivity contribution in [3.63, 3.8) is 0 Å². The summed E-state index contributed by atoms with van der Waals surface area (Å²) < 4.78 is 20.9. The number of carbonyl (C=O) groups is 4. The minimum atomic E-state index is -0.815. The Morgan fingerprint density at radius 2 is 1.28 bits per heavy atom. The lowest BCUT2D eigenvalue weighted by atomic mass is 9.68. The van der Waals surface area contributed by atoms with Gasteiger partial charge in [0.05, 0.1) is 16.4 Å². The van der Waals surface area contributed by atoms with Gasteiger partial charge in [0.25, 0.3) is 0 Å². The van der Waals surface area contributed by atoms with Gasteiger partial charge in [-0.3, -0.25) is 19.4 Å². The number of allylic oxidation sites excluding steroid dienone is 1. The summed E-state index contributed by atoms with van der Waals surface area (Å²) in [7, 11) is 0. The van der Waals surface area contributed by atoms with Crippen LogP contribution in [0, 0.1) is 28.6 Å². The first-order valence-electron chi connectivity index (χ1n) is 12.6. The quantitative estimate of drug-likeness (QED) is 0.359. The molecule has 0 N–H and O–H groups in total. The van der Waals surface area contributed by atoms with E-state index in [0.717, 1.165) is 32.1 Å². The van der Waals surface area contributed by atoms with Crippen molar-refractivity contribution < 1.29 is 38.1 Å². The molecule has 0 radical (unpaired) electrons. The molecule has 1 aliphatic heterocycles. The summed E-state index contributed by atoms with van der Waals surface area (Å²) in [6.07, 6.45) is 4.78. The van der Waals surface area contributed by atoms with Gasteiger partial charge in [-0.15, -0.1) is 0 Å². The summed E-state index contributed by atoms with van der Waals surface area (Å²) >= 11 is 0. The Balaban J connectivity index is 2.24. The molecule has 9 nitrogen and oxygen atoms in total. The Bertz CT molecular complexity index is 913. The molecule has 2 unspecified atom stereocenters. The van der Waals surface area contributed by atoms with Gasteiger partial charge in [0, 0.05) is 17.3 Å². The third-order valence-corrected chi connectivity index (χ3v) is 6.50. The molecule has 1 aliphatic carbocycles. The lowest BCUT2D eigenvalue weighted by molar-refractivity contribution is -0.175. The highest BCUT2D eigenvalue weighted by Gasteiger charge is 2.45. The molecule has 0 spiro atoms. The van der Waals surface area contributed by atoms with Crippen LogP contribution in [0.25, 0.3) is 0 Å². The Labute approximate surface area is 214 Å². The average molecular weight is 508 g/mol. The van der Waals surface area contributed by atoms with Crippen molar-refractivity contribution in [1.82, 2.24) is 0 Å². The average Bonchev–Trinajstić information content (AvgIpc) is 2.77. The Morgan fingerprint density at radius 1 is 0.778 bits per heavy atom. The van der Waals surface area contributed by atoms with Crippen LogP contribution >= 0.6 is 0 Å². The molecule has 202 valence electrons. The minimum Gasteiger partial charge on any atom is -0.427 e. The van der Waals surface area contributed by atoms with E-state index in [9.17, 15) is 19.2 Å². The van der Waals surface area contributed by atoms with Crippen molar-refractivity contribution in [3.8, 4) is 0 Å². The number of carbonyl (C=O) groups excluding carboxylic acids is 4. The molecule has 2 aliphatic rings. The molecular weight excluding hydrogens is 466 g/mol. The molecule has 1 fully saturated rings. The van der Waals surface area contributed by atoms with Crippen molar-refractivity contribution in [1.29, 1.82) is 0 Å². The molecule has 0 aromatic carbocycles. The van der Waals surface area contributed by atoms with E-state index in [0.29, 0.717) is 17.0 Å². The third-order valence-electron chi connectivity index (χ3n) is 6.50. The van der Waals surface area contributed by atoms with Crippen LogP contribution in [0.5, 0.6) is 0 Å². The van der Waals surface area contributed by atoms with Crippen LogP contribution in [0.3, 0.4) is 0 Å². The van der Waals surface area contributed by atoms with Gasteiger partial charge in [0.2, 0.25) is 13.6 Å². The maximum Gasteiger partial charge on any atom is 0.339 e. The molecule has 0 saturated heterocycles. The molecule has 2 atom stereocenters. The van der Waals surface area contributed by atoms with Gasteiger partial charge in [0.15, 0.2) is 0 Å². The molecule has 0 bridgehead atoms. The number of esters is 4. The zero-order valence-corrected chi connectivity index (χ0v) is 22.9. The van der Waals surface area contributed by atoms with Gasteiger partial charge in [-0.2, -0.15) is 0 Å². The monoisotopic (exact) mass is 507 g/mol. The standard InChI is InChI=1S/C27H41NO8/c1-16-19(22(29)33-14-35-24(31)26(3,4)5)21(18-12-10-9-11-13-18)20(17(2)28-16)23(30)34-15-36-25(32)27(6,7)8/h18-19,21H,9-15H2,1-8H3. The molecule has 2 rings (SSSR count). The van der Waals surface area contributed by atoms with E-state index in [2.05, 4.69) is 4.99 Å². The lowest BCUT2D eigenvalue weighted by Gasteiger charge is -2.38. The first-order chi connectivity index (χ1) is 16.6. The van der Waals surface area contributed by atoms with Crippen molar-refractivity contribution >= 4 is 29.6 Å². The van der Waals surface area contributed by atoms with Crippen LogP contribution in [-0.4, -0.2) is 43.2 Å². The summed E-state index contributed by atoms with van der Waals surface area (Å²) in [5, 5.41) is 0. The molecule has 1 heterocycles. The molecule has 1 saturated carbocycles. The number of rotatable bonds is 7. The van der Waals surface area contributed by atoms with E-state index in [4.69, 9.17) is 18.9 Å². The molecular formula is C27H41NO8. The molecule has 36 heavy (non-hydrogen) atoms. The highest BCUT2D eigenvalue weighted by atomic mass is 16.7. The minimum absolute atomic E-state index is 0.0495. The Hall–Kier alpha value is -2.71. The second kappa shape index (κ2) is 12.0. The second-order valence-electron chi connectivity index (χ2n) is 11.6. The lowest BCUT2D eigenvalue weighted by Crippen LogP contribution is -2.42. The molecule has 0 amide bonds. The smallest absolute Gasteiger partial charge is 0.339 e. The number of hydrogen-bond donors (Lipinski definition) is 0. The van der Waals surface area contributed by atoms with Crippen LogP contribution in [-0.2, 0) is 38.1 Å². The van der Waals surface area contributed by atoms with E-state index in [1.165, 1.54) is 0 Å². The van der Waals surface area contributed by atoms with Crippen LogP contribution in [0.2, 0.25) is 0 Å². The van der Waals surface area contributed by atoms with Gasteiger partial charge in [0.1, 0.15) is 5.92 Å². The first-order valence-corrected chi connectivity index (χ1v) is 12.6. The van der Waals surface area contributed by atoms with Crippen LogP contribution in [0.15, 0.2) is 16.3 Å². The second-order valence-corrected chi connectivity index (χ2v) is 11.6. The maximum atomic E-state index is 13.2.